The lowest BCUT2D eigenvalue weighted by Gasteiger charge is -2.16. The van der Waals surface area contributed by atoms with Gasteiger partial charge in [0.1, 0.15) is 5.75 Å². The second kappa shape index (κ2) is 7.80. The lowest BCUT2D eigenvalue weighted by atomic mass is 10.3. The fourth-order valence-electron chi connectivity index (χ4n) is 2.35. The van der Waals surface area contributed by atoms with Crippen LogP contribution in [0, 0.1) is 0 Å². The van der Waals surface area contributed by atoms with Crippen molar-refractivity contribution in [1.82, 2.24) is 24.5 Å². The molecule has 2 heterocycles. The third-order valence-corrected chi connectivity index (χ3v) is 4.31. The van der Waals surface area contributed by atoms with E-state index in [1.807, 2.05) is 0 Å². The van der Waals surface area contributed by atoms with Gasteiger partial charge in [0.15, 0.2) is 12.4 Å². The van der Waals surface area contributed by atoms with Crippen molar-refractivity contribution in [1.29, 1.82) is 0 Å². The Hall–Kier alpha value is -2.51. The van der Waals surface area contributed by atoms with E-state index in [4.69, 9.17) is 27.9 Å². The summed E-state index contributed by atoms with van der Waals surface area (Å²) in [5, 5.41) is 9.43. The summed E-state index contributed by atoms with van der Waals surface area (Å²) in [6, 6.07) is 8.72. The Kier molecular flexibility index (Phi) is 5.49. The Morgan fingerprint density at radius 1 is 1.31 bits per heavy atom. The third-order valence-electron chi connectivity index (χ3n) is 3.76. The van der Waals surface area contributed by atoms with Crippen LogP contribution in [-0.2, 0) is 20.3 Å². The second-order valence-electron chi connectivity index (χ2n) is 5.70. The van der Waals surface area contributed by atoms with E-state index in [1.54, 1.807) is 66.2 Å². The summed E-state index contributed by atoms with van der Waals surface area (Å²) in [7, 11) is 3.47. The third kappa shape index (κ3) is 4.17. The molecule has 0 spiro atoms. The molecule has 0 atom stereocenters. The highest BCUT2D eigenvalue weighted by Crippen LogP contribution is 2.18. The van der Waals surface area contributed by atoms with Crippen LogP contribution in [0.15, 0.2) is 42.7 Å². The van der Waals surface area contributed by atoms with Crippen LogP contribution in [0.4, 0.5) is 0 Å². The lowest BCUT2D eigenvalue weighted by Crippen LogP contribution is -2.28. The maximum Gasteiger partial charge on any atom is 0.274 e. The van der Waals surface area contributed by atoms with E-state index in [1.165, 1.54) is 4.90 Å². The molecule has 0 bridgehead atoms. The number of aromatic nitrogens is 4. The quantitative estimate of drug-likeness (QED) is 0.644. The van der Waals surface area contributed by atoms with Gasteiger partial charge in [0.05, 0.1) is 23.5 Å². The highest BCUT2D eigenvalue weighted by molar-refractivity contribution is 6.31. The molecule has 0 radical (unpaired) electrons. The Bertz CT molecular complexity index is 902. The van der Waals surface area contributed by atoms with Crippen molar-refractivity contribution in [3.05, 3.63) is 64.2 Å². The summed E-state index contributed by atoms with van der Waals surface area (Å²) < 4.78 is 8.79. The monoisotopic (exact) mass is 393 g/mol. The first-order valence-corrected chi connectivity index (χ1v) is 8.53. The van der Waals surface area contributed by atoms with Gasteiger partial charge in [-0.15, -0.1) is 0 Å². The van der Waals surface area contributed by atoms with Crippen LogP contribution in [0.25, 0.3) is 0 Å². The summed E-state index contributed by atoms with van der Waals surface area (Å²) >= 11 is 12.0. The van der Waals surface area contributed by atoms with Crippen LogP contribution in [-0.4, -0.2) is 37.4 Å². The molecule has 1 amide bonds. The van der Waals surface area contributed by atoms with E-state index in [2.05, 4.69) is 10.2 Å². The smallest absolute Gasteiger partial charge is 0.274 e. The lowest BCUT2D eigenvalue weighted by molar-refractivity contribution is 0.0774. The van der Waals surface area contributed by atoms with Crippen LogP contribution in [0.3, 0.4) is 0 Å². The Morgan fingerprint density at radius 2 is 2.12 bits per heavy atom. The fourth-order valence-corrected chi connectivity index (χ4v) is 2.76. The van der Waals surface area contributed by atoms with Crippen molar-refractivity contribution < 1.29 is 9.53 Å². The number of benzene rings is 1. The first kappa shape index (κ1) is 18.3. The number of carbonyl (C=O) groups excluding carboxylic acids is 1. The zero-order chi connectivity index (χ0) is 18.7. The van der Waals surface area contributed by atoms with Crippen molar-refractivity contribution in [3.63, 3.8) is 0 Å². The highest BCUT2D eigenvalue weighted by atomic mass is 35.5. The Morgan fingerprint density at radius 3 is 2.81 bits per heavy atom. The van der Waals surface area contributed by atoms with Gasteiger partial charge in [-0.1, -0.05) is 29.3 Å². The number of carbonyl (C=O) groups is 1. The molecule has 1 aromatic carbocycles. The number of nitrogens with zero attached hydrogens (tertiary/aromatic N) is 5. The molecule has 0 aliphatic carbocycles. The maximum absolute atomic E-state index is 12.5. The predicted octanol–water partition coefficient (Wildman–Crippen LogP) is 3.23. The molecule has 3 aromatic rings. The molecule has 0 saturated carbocycles. The molecule has 7 nitrogen and oxygen atoms in total. The first-order chi connectivity index (χ1) is 12.4. The van der Waals surface area contributed by atoms with Crippen LogP contribution in [0.5, 0.6) is 5.75 Å². The van der Waals surface area contributed by atoms with Gasteiger partial charge in [0.25, 0.3) is 5.91 Å². The number of rotatable bonds is 6. The molecule has 0 unspecified atom stereocenters. The standard InChI is InChI=1S/C17H17Cl2N5O2/c1-22(10-16-14(19)9-20-23(16)2)17(25)15-6-7-24(21-15)11-26-13-5-3-4-12(18)8-13/h3-9H,10-11H2,1-2H3. The number of aryl methyl sites for hydroxylation is 1. The molecule has 2 aromatic heterocycles. The average Bonchev–Trinajstić information content (AvgIpc) is 3.21. The molecule has 26 heavy (non-hydrogen) atoms. The number of halogens is 2. The van der Waals surface area contributed by atoms with Crippen LogP contribution < -0.4 is 4.74 Å². The highest BCUT2D eigenvalue weighted by Gasteiger charge is 2.18. The van der Waals surface area contributed by atoms with Gasteiger partial charge in [-0.3, -0.25) is 9.48 Å². The summed E-state index contributed by atoms with van der Waals surface area (Å²) in [6.45, 7) is 0.505. The minimum atomic E-state index is -0.219. The normalized spacial score (nSPS) is 10.8. The number of hydrogen-bond donors (Lipinski definition) is 0. The molecule has 0 N–H and O–H groups in total. The number of amides is 1. The minimum Gasteiger partial charge on any atom is -0.471 e. The van der Waals surface area contributed by atoms with Crippen LogP contribution in [0.2, 0.25) is 10.0 Å². The molecule has 9 heteroatoms. The number of ether oxygens (including phenoxy) is 1. The topological polar surface area (TPSA) is 65.2 Å². The minimum absolute atomic E-state index is 0.172. The van der Waals surface area contributed by atoms with E-state index < -0.39 is 0 Å². The van der Waals surface area contributed by atoms with Gasteiger partial charge in [-0.2, -0.15) is 10.2 Å². The molecular weight excluding hydrogens is 377 g/mol. The molecule has 0 aliphatic rings. The summed E-state index contributed by atoms with van der Waals surface area (Å²) in [4.78, 5) is 14.1. The Labute approximate surface area is 160 Å². The second-order valence-corrected chi connectivity index (χ2v) is 6.54. The maximum atomic E-state index is 12.5. The van der Waals surface area contributed by atoms with Crippen molar-refractivity contribution in [2.24, 2.45) is 7.05 Å². The van der Waals surface area contributed by atoms with E-state index in [0.717, 1.165) is 5.69 Å². The molecule has 0 saturated heterocycles. The largest absolute Gasteiger partial charge is 0.471 e. The molecule has 0 aliphatic heterocycles. The van der Waals surface area contributed by atoms with Gasteiger partial charge in [-0.25, -0.2) is 4.68 Å². The number of hydrogen-bond acceptors (Lipinski definition) is 4. The molecular formula is C17H17Cl2N5O2. The van der Waals surface area contributed by atoms with Gasteiger partial charge >= 0.3 is 0 Å². The van der Waals surface area contributed by atoms with Gasteiger partial charge in [0, 0.05) is 25.3 Å². The van der Waals surface area contributed by atoms with Crippen molar-refractivity contribution in [2.75, 3.05) is 7.05 Å². The van der Waals surface area contributed by atoms with Crippen LogP contribution in [0.1, 0.15) is 16.2 Å². The van der Waals surface area contributed by atoms with Crippen molar-refractivity contribution >= 4 is 29.1 Å². The van der Waals surface area contributed by atoms with Crippen molar-refractivity contribution in [3.8, 4) is 5.75 Å². The summed E-state index contributed by atoms with van der Waals surface area (Å²) in [6.07, 6.45) is 3.24. The van der Waals surface area contributed by atoms with E-state index in [-0.39, 0.29) is 12.6 Å². The first-order valence-electron chi connectivity index (χ1n) is 7.77. The SMILES string of the molecule is CN(Cc1c(Cl)cnn1C)C(=O)c1ccn(COc2cccc(Cl)c2)n1. The van der Waals surface area contributed by atoms with Crippen molar-refractivity contribution in [2.45, 2.75) is 13.3 Å². The predicted molar refractivity (Wildman–Crippen MR) is 98.3 cm³/mol. The van der Waals surface area contributed by atoms with E-state index in [9.17, 15) is 4.79 Å². The van der Waals surface area contributed by atoms with Crippen LogP contribution >= 0.6 is 23.2 Å². The zero-order valence-electron chi connectivity index (χ0n) is 14.3. The van der Waals surface area contributed by atoms with Gasteiger partial charge in [0.2, 0.25) is 0 Å². The Balaban J connectivity index is 1.62. The average molecular weight is 394 g/mol. The zero-order valence-corrected chi connectivity index (χ0v) is 15.8. The molecule has 0 fully saturated rings. The van der Waals surface area contributed by atoms with E-state index >= 15 is 0 Å². The van der Waals surface area contributed by atoms with Gasteiger partial charge < -0.3 is 9.64 Å². The summed E-state index contributed by atoms with van der Waals surface area (Å²) in [5.74, 6) is 0.410. The van der Waals surface area contributed by atoms with E-state index in [0.29, 0.717) is 28.0 Å². The molecule has 136 valence electrons. The fraction of sp³-hybridized carbons (Fsp3) is 0.235. The van der Waals surface area contributed by atoms with Gasteiger partial charge in [-0.05, 0) is 24.3 Å². The molecule has 3 rings (SSSR count). The summed E-state index contributed by atoms with van der Waals surface area (Å²) in [5.41, 5.74) is 1.08.